The molecule has 0 heterocycles. The van der Waals surface area contributed by atoms with Crippen LogP contribution in [0.2, 0.25) is 0 Å². The molecule has 80 valence electrons. The van der Waals surface area contributed by atoms with Crippen LogP contribution in [0.3, 0.4) is 0 Å². The van der Waals surface area contributed by atoms with Crippen LogP contribution in [0.1, 0.15) is 17.9 Å². The average molecular weight is 210 g/mol. The fourth-order valence-electron chi connectivity index (χ4n) is 1.91. The van der Waals surface area contributed by atoms with Crippen molar-refractivity contribution in [1.82, 2.24) is 0 Å². The standard InChI is InChI=1S/C10H11FN2O2/c11-8-2-1-3-9(13(14)15)10(8)7-4-6(7)5-12/h1-3,6-7H,4-5,12H2. The van der Waals surface area contributed by atoms with Gasteiger partial charge in [-0.25, -0.2) is 4.39 Å². The van der Waals surface area contributed by atoms with Gasteiger partial charge in [-0.2, -0.15) is 0 Å². The van der Waals surface area contributed by atoms with E-state index in [9.17, 15) is 14.5 Å². The second kappa shape index (κ2) is 3.58. The van der Waals surface area contributed by atoms with Crippen molar-refractivity contribution in [2.45, 2.75) is 12.3 Å². The molecule has 2 rings (SSSR count). The first kappa shape index (κ1) is 10.0. The Labute approximate surface area is 86.0 Å². The first-order chi connectivity index (χ1) is 7.15. The van der Waals surface area contributed by atoms with E-state index in [0.29, 0.717) is 6.54 Å². The topological polar surface area (TPSA) is 69.2 Å². The Morgan fingerprint density at radius 3 is 2.87 bits per heavy atom. The summed E-state index contributed by atoms with van der Waals surface area (Å²) in [4.78, 5) is 10.2. The molecule has 4 nitrogen and oxygen atoms in total. The molecule has 1 fully saturated rings. The molecular formula is C10H11FN2O2. The second-order valence-electron chi connectivity index (χ2n) is 3.77. The SMILES string of the molecule is NCC1CC1c1c(F)cccc1[N+](=O)[O-]. The van der Waals surface area contributed by atoms with Gasteiger partial charge in [0.25, 0.3) is 5.69 Å². The molecule has 2 N–H and O–H groups in total. The van der Waals surface area contributed by atoms with Crippen LogP contribution in [0.5, 0.6) is 0 Å². The largest absolute Gasteiger partial charge is 0.330 e. The zero-order valence-corrected chi connectivity index (χ0v) is 8.02. The van der Waals surface area contributed by atoms with Gasteiger partial charge in [-0.1, -0.05) is 6.07 Å². The maximum absolute atomic E-state index is 13.5. The Hall–Kier alpha value is -1.49. The molecule has 1 aliphatic rings. The van der Waals surface area contributed by atoms with Crippen LogP contribution < -0.4 is 5.73 Å². The summed E-state index contributed by atoms with van der Waals surface area (Å²) in [5, 5.41) is 10.7. The van der Waals surface area contributed by atoms with Gasteiger partial charge in [-0.05, 0) is 30.9 Å². The lowest BCUT2D eigenvalue weighted by molar-refractivity contribution is -0.385. The van der Waals surface area contributed by atoms with Crippen molar-refractivity contribution in [2.24, 2.45) is 11.7 Å². The molecule has 0 aromatic heterocycles. The highest BCUT2D eigenvalue weighted by molar-refractivity contribution is 5.46. The number of benzene rings is 1. The number of nitro benzene ring substituents is 1. The minimum atomic E-state index is -0.537. The lowest BCUT2D eigenvalue weighted by atomic mass is 10.1. The van der Waals surface area contributed by atoms with E-state index in [2.05, 4.69) is 0 Å². The van der Waals surface area contributed by atoms with Crippen molar-refractivity contribution < 1.29 is 9.31 Å². The van der Waals surface area contributed by atoms with E-state index < -0.39 is 10.7 Å². The highest BCUT2D eigenvalue weighted by Crippen LogP contribution is 2.50. The van der Waals surface area contributed by atoms with E-state index in [4.69, 9.17) is 5.73 Å². The fourth-order valence-corrected chi connectivity index (χ4v) is 1.91. The second-order valence-corrected chi connectivity index (χ2v) is 3.77. The lowest BCUT2D eigenvalue weighted by Gasteiger charge is -2.02. The summed E-state index contributed by atoms with van der Waals surface area (Å²) in [6.45, 7) is 0.455. The van der Waals surface area contributed by atoms with E-state index >= 15 is 0 Å². The molecule has 1 aliphatic carbocycles. The number of hydrogen-bond donors (Lipinski definition) is 1. The molecule has 0 amide bonds. The molecular weight excluding hydrogens is 199 g/mol. The zero-order chi connectivity index (χ0) is 11.0. The zero-order valence-electron chi connectivity index (χ0n) is 8.02. The quantitative estimate of drug-likeness (QED) is 0.610. The normalized spacial score (nSPS) is 23.9. The van der Waals surface area contributed by atoms with Gasteiger partial charge in [0.15, 0.2) is 0 Å². The van der Waals surface area contributed by atoms with Gasteiger partial charge in [0.05, 0.1) is 10.5 Å². The Bertz CT molecular complexity index is 408. The van der Waals surface area contributed by atoms with Crippen LogP contribution in [0.25, 0.3) is 0 Å². The molecule has 0 radical (unpaired) electrons. The van der Waals surface area contributed by atoms with Crippen LogP contribution in [0.15, 0.2) is 18.2 Å². The monoisotopic (exact) mass is 210 g/mol. The van der Waals surface area contributed by atoms with Crippen molar-refractivity contribution in [2.75, 3.05) is 6.54 Å². The predicted octanol–water partition coefficient (Wildman–Crippen LogP) is 1.80. The van der Waals surface area contributed by atoms with E-state index in [1.54, 1.807) is 0 Å². The number of nitro groups is 1. The van der Waals surface area contributed by atoms with Crippen molar-refractivity contribution in [3.05, 3.63) is 39.7 Å². The third-order valence-corrected chi connectivity index (χ3v) is 2.82. The Kier molecular flexibility index (Phi) is 2.40. The Morgan fingerprint density at radius 1 is 1.60 bits per heavy atom. The van der Waals surface area contributed by atoms with Gasteiger partial charge in [0.1, 0.15) is 5.82 Å². The van der Waals surface area contributed by atoms with E-state index in [0.717, 1.165) is 6.42 Å². The summed E-state index contributed by atoms with van der Waals surface area (Å²) in [6, 6.07) is 3.95. The van der Waals surface area contributed by atoms with Crippen molar-refractivity contribution in [1.29, 1.82) is 0 Å². The van der Waals surface area contributed by atoms with Crippen LogP contribution in [0.4, 0.5) is 10.1 Å². The van der Waals surface area contributed by atoms with E-state index in [-0.39, 0.29) is 23.1 Å². The Balaban J connectivity index is 2.40. The van der Waals surface area contributed by atoms with Crippen molar-refractivity contribution in [3.63, 3.8) is 0 Å². The smallest absolute Gasteiger partial charge is 0.275 e. The number of halogens is 1. The van der Waals surface area contributed by atoms with Gasteiger partial charge in [-0.15, -0.1) is 0 Å². The number of nitrogens with zero attached hydrogens (tertiary/aromatic N) is 1. The Morgan fingerprint density at radius 2 is 2.33 bits per heavy atom. The molecule has 0 saturated heterocycles. The summed E-state index contributed by atoms with van der Waals surface area (Å²) in [7, 11) is 0. The van der Waals surface area contributed by atoms with Gasteiger partial charge >= 0.3 is 0 Å². The molecule has 0 bridgehead atoms. The predicted molar refractivity (Wildman–Crippen MR) is 53.0 cm³/mol. The van der Waals surface area contributed by atoms with Gasteiger partial charge in [0.2, 0.25) is 0 Å². The maximum Gasteiger partial charge on any atom is 0.275 e. The third-order valence-electron chi connectivity index (χ3n) is 2.82. The van der Waals surface area contributed by atoms with Crippen molar-refractivity contribution >= 4 is 5.69 Å². The molecule has 15 heavy (non-hydrogen) atoms. The number of hydrogen-bond acceptors (Lipinski definition) is 3. The molecule has 2 unspecified atom stereocenters. The minimum Gasteiger partial charge on any atom is -0.330 e. The van der Waals surface area contributed by atoms with Crippen LogP contribution in [0, 0.1) is 21.8 Å². The van der Waals surface area contributed by atoms with Crippen molar-refractivity contribution in [3.8, 4) is 0 Å². The fraction of sp³-hybridized carbons (Fsp3) is 0.400. The third kappa shape index (κ3) is 1.70. The molecule has 1 aromatic rings. The minimum absolute atomic E-state index is 0.0726. The first-order valence-corrected chi connectivity index (χ1v) is 4.78. The van der Waals surface area contributed by atoms with E-state index in [1.165, 1.54) is 18.2 Å². The number of nitrogens with two attached hydrogens (primary N) is 1. The maximum atomic E-state index is 13.5. The molecule has 2 atom stereocenters. The van der Waals surface area contributed by atoms with Crippen LogP contribution in [-0.2, 0) is 0 Å². The average Bonchev–Trinajstić information content (AvgIpc) is 2.96. The van der Waals surface area contributed by atoms with Gasteiger partial charge in [0, 0.05) is 6.07 Å². The summed E-state index contributed by atoms with van der Waals surface area (Å²) in [6.07, 6.45) is 0.748. The van der Waals surface area contributed by atoms with E-state index in [1.807, 2.05) is 0 Å². The molecule has 5 heteroatoms. The summed E-state index contributed by atoms with van der Waals surface area (Å²) >= 11 is 0. The number of rotatable bonds is 3. The molecule has 0 spiro atoms. The lowest BCUT2D eigenvalue weighted by Crippen LogP contribution is -2.04. The molecule has 0 aliphatic heterocycles. The highest BCUT2D eigenvalue weighted by Gasteiger charge is 2.42. The van der Waals surface area contributed by atoms with Gasteiger partial charge in [-0.3, -0.25) is 10.1 Å². The first-order valence-electron chi connectivity index (χ1n) is 4.78. The summed E-state index contributed by atoms with van der Waals surface area (Å²) in [5.41, 5.74) is 5.54. The van der Waals surface area contributed by atoms with Crippen LogP contribution >= 0.6 is 0 Å². The van der Waals surface area contributed by atoms with Crippen LogP contribution in [-0.4, -0.2) is 11.5 Å². The summed E-state index contributed by atoms with van der Waals surface area (Å²) < 4.78 is 13.5. The molecule has 1 saturated carbocycles. The summed E-state index contributed by atoms with van der Waals surface area (Å²) in [5.74, 6) is -0.373. The molecule has 1 aromatic carbocycles. The highest BCUT2D eigenvalue weighted by atomic mass is 19.1. The van der Waals surface area contributed by atoms with Gasteiger partial charge < -0.3 is 5.73 Å².